The van der Waals surface area contributed by atoms with Crippen LogP contribution in [0.2, 0.25) is 0 Å². The van der Waals surface area contributed by atoms with Crippen molar-refractivity contribution in [3.05, 3.63) is 65.2 Å². The van der Waals surface area contributed by atoms with Gasteiger partial charge < -0.3 is 0 Å². The fourth-order valence-electron chi connectivity index (χ4n) is 2.04. The molecule has 0 aliphatic rings. The number of benzene rings is 2. The normalized spacial score (nSPS) is 10.9. The van der Waals surface area contributed by atoms with Crippen LogP contribution in [-0.2, 0) is 15.8 Å². The van der Waals surface area contributed by atoms with Crippen molar-refractivity contribution >= 4 is 15.7 Å². The van der Waals surface area contributed by atoms with E-state index < -0.39 is 10.0 Å². The summed E-state index contributed by atoms with van der Waals surface area (Å²) in [5, 5.41) is 8.89. The Morgan fingerprint density at radius 2 is 1.86 bits per heavy atom. The molecule has 0 N–H and O–H groups in total. The van der Waals surface area contributed by atoms with Gasteiger partial charge >= 0.3 is 0 Å². The Hall–Kier alpha value is -2.32. The summed E-state index contributed by atoms with van der Waals surface area (Å²) in [5.41, 5.74) is 2.70. The fourth-order valence-corrected chi connectivity index (χ4v) is 3.27. The zero-order valence-electron chi connectivity index (χ0n) is 11.9. The summed E-state index contributed by atoms with van der Waals surface area (Å²) in [6.45, 7) is 1.93. The monoisotopic (exact) mass is 300 g/mol. The lowest BCUT2D eigenvalue weighted by Crippen LogP contribution is -2.27. The first-order valence-corrected chi connectivity index (χ1v) is 8.05. The van der Waals surface area contributed by atoms with E-state index in [9.17, 15) is 8.42 Å². The van der Waals surface area contributed by atoms with E-state index >= 15 is 0 Å². The molecule has 0 saturated carbocycles. The summed E-state index contributed by atoms with van der Waals surface area (Å²) in [7, 11) is -1.98. The van der Waals surface area contributed by atoms with Gasteiger partial charge in [-0.15, -0.1) is 0 Å². The zero-order chi connectivity index (χ0) is 15.5. The third-order valence-electron chi connectivity index (χ3n) is 3.19. The third-order valence-corrected chi connectivity index (χ3v) is 4.93. The van der Waals surface area contributed by atoms with Gasteiger partial charge in [0, 0.05) is 7.05 Å². The van der Waals surface area contributed by atoms with Gasteiger partial charge in [0.25, 0.3) is 0 Å². The highest BCUT2D eigenvalue weighted by atomic mass is 32.2. The molecule has 21 heavy (non-hydrogen) atoms. The molecule has 0 radical (unpaired) electrons. The Morgan fingerprint density at radius 3 is 2.52 bits per heavy atom. The molecule has 0 aromatic heterocycles. The predicted octanol–water partition coefficient (Wildman–Crippen LogP) is 2.83. The fraction of sp³-hybridized carbons (Fsp3) is 0.188. The zero-order valence-corrected chi connectivity index (χ0v) is 12.8. The minimum Gasteiger partial charge on any atom is -0.273 e. The molecule has 0 bridgehead atoms. The number of hydrogen-bond acceptors (Lipinski definition) is 3. The van der Waals surface area contributed by atoms with Crippen molar-refractivity contribution in [1.29, 1.82) is 5.26 Å². The van der Waals surface area contributed by atoms with E-state index in [4.69, 9.17) is 5.26 Å². The topological polar surface area (TPSA) is 61.2 Å². The van der Waals surface area contributed by atoms with Gasteiger partial charge in [-0.3, -0.25) is 4.31 Å². The summed E-state index contributed by atoms with van der Waals surface area (Å²) in [5.74, 6) is -0.0675. The first kappa shape index (κ1) is 15.1. The second kappa shape index (κ2) is 5.98. The molecule has 0 spiro atoms. The average molecular weight is 300 g/mol. The van der Waals surface area contributed by atoms with E-state index in [-0.39, 0.29) is 5.75 Å². The number of anilines is 1. The molecule has 0 heterocycles. The van der Waals surface area contributed by atoms with Crippen molar-refractivity contribution in [2.75, 3.05) is 11.4 Å². The molecule has 5 heteroatoms. The van der Waals surface area contributed by atoms with Crippen molar-refractivity contribution in [1.82, 2.24) is 0 Å². The minimum absolute atomic E-state index is 0.0675. The Labute approximate surface area is 125 Å². The number of aryl methyl sites for hydroxylation is 1. The summed E-state index contributed by atoms with van der Waals surface area (Å²) in [4.78, 5) is 0. The molecule has 4 nitrogen and oxygen atoms in total. The van der Waals surface area contributed by atoms with Crippen LogP contribution < -0.4 is 4.31 Å². The van der Waals surface area contributed by atoms with Crippen LogP contribution in [0, 0.1) is 18.3 Å². The van der Waals surface area contributed by atoms with Gasteiger partial charge in [-0.2, -0.15) is 5.26 Å². The second-order valence-electron chi connectivity index (χ2n) is 4.87. The lowest BCUT2D eigenvalue weighted by molar-refractivity contribution is 0.593. The Morgan fingerprint density at radius 1 is 1.14 bits per heavy atom. The van der Waals surface area contributed by atoms with Crippen LogP contribution in [0.1, 0.15) is 16.7 Å². The van der Waals surface area contributed by atoms with Gasteiger partial charge in [-0.05, 0) is 30.7 Å². The molecule has 0 saturated heterocycles. The molecule has 2 aromatic rings. The standard InChI is InChI=1S/C16H16N2O2S/c1-13-5-3-7-15(9-13)12-21(19,20)18(2)16-8-4-6-14(10-16)11-17/h3-10H,12H2,1-2H3. The summed E-state index contributed by atoms with van der Waals surface area (Å²) < 4.78 is 26.1. The first-order valence-electron chi connectivity index (χ1n) is 6.45. The molecule has 0 unspecified atom stereocenters. The van der Waals surface area contributed by atoms with Crippen LogP contribution >= 0.6 is 0 Å². The Bertz CT molecular complexity index is 792. The minimum atomic E-state index is -3.48. The van der Waals surface area contributed by atoms with Gasteiger partial charge in [0.15, 0.2) is 0 Å². The Kier molecular flexibility index (Phi) is 4.29. The molecule has 0 fully saturated rings. The van der Waals surface area contributed by atoms with Crippen molar-refractivity contribution in [3.63, 3.8) is 0 Å². The SMILES string of the molecule is Cc1cccc(CS(=O)(=O)N(C)c2cccc(C#N)c2)c1. The van der Waals surface area contributed by atoms with Gasteiger partial charge in [-0.25, -0.2) is 8.42 Å². The lowest BCUT2D eigenvalue weighted by atomic mass is 10.2. The van der Waals surface area contributed by atoms with Crippen LogP contribution in [0.3, 0.4) is 0 Å². The quantitative estimate of drug-likeness (QED) is 0.872. The number of rotatable bonds is 4. The number of hydrogen-bond donors (Lipinski definition) is 0. The largest absolute Gasteiger partial charge is 0.273 e. The van der Waals surface area contributed by atoms with Gasteiger partial charge in [0.05, 0.1) is 23.1 Å². The van der Waals surface area contributed by atoms with Crippen LogP contribution in [0.4, 0.5) is 5.69 Å². The molecule has 108 valence electrons. The maximum Gasteiger partial charge on any atom is 0.239 e. The summed E-state index contributed by atoms with van der Waals surface area (Å²) in [6, 6.07) is 16.0. The molecular weight excluding hydrogens is 284 g/mol. The highest BCUT2D eigenvalue weighted by molar-refractivity contribution is 7.92. The second-order valence-corrected chi connectivity index (χ2v) is 6.88. The van der Waals surface area contributed by atoms with Gasteiger partial charge in [0.1, 0.15) is 0 Å². The first-order chi connectivity index (χ1) is 9.92. The molecule has 0 amide bonds. The highest BCUT2D eigenvalue weighted by Gasteiger charge is 2.19. The number of nitriles is 1. The van der Waals surface area contributed by atoms with Crippen LogP contribution in [0.25, 0.3) is 0 Å². The molecule has 0 aliphatic heterocycles. The van der Waals surface area contributed by atoms with Crippen molar-refractivity contribution in [2.45, 2.75) is 12.7 Å². The van der Waals surface area contributed by atoms with E-state index in [1.54, 1.807) is 30.3 Å². The van der Waals surface area contributed by atoms with Crippen molar-refractivity contribution in [3.8, 4) is 6.07 Å². The maximum absolute atomic E-state index is 12.5. The average Bonchev–Trinajstić information content (AvgIpc) is 2.46. The molecular formula is C16H16N2O2S. The Balaban J connectivity index is 2.28. The van der Waals surface area contributed by atoms with Crippen LogP contribution in [-0.4, -0.2) is 15.5 Å². The van der Waals surface area contributed by atoms with Crippen molar-refractivity contribution < 1.29 is 8.42 Å². The lowest BCUT2D eigenvalue weighted by Gasteiger charge is -2.19. The maximum atomic E-state index is 12.5. The van der Waals surface area contributed by atoms with Crippen molar-refractivity contribution in [2.24, 2.45) is 0 Å². The molecule has 0 atom stereocenters. The van der Waals surface area contributed by atoms with Crippen LogP contribution in [0.5, 0.6) is 0 Å². The third kappa shape index (κ3) is 3.61. The van der Waals surface area contributed by atoms with Gasteiger partial charge in [0.2, 0.25) is 10.0 Å². The van der Waals surface area contributed by atoms with Crippen LogP contribution in [0.15, 0.2) is 48.5 Å². The highest BCUT2D eigenvalue weighted by Crippen LogP contribution is 2.20. The molecule has 2 aromatic carbocycles. The van der Waals surface area contributed by atoms with Gasteiger partial charge in [-0.1, -0.05) is 35.9 Å². The van der Waals surface area contributed by atoms with E-state index in [1.807, 2.05) is 31.2 Å². The van der Waals surface area contributed by atoms with E-state index in [0.717, 1.165) is 11.1 Å². The molecule has 2 rings (SSSR count). The summed E-state index contributed by atoms with van der Waals surface area (Å²) >= 11 is 0. The van der Waals surface area contributed by atoms with E-state index in [0.29, 0.717) is 11.3 Å². The smallest absolute Gasteiger partial charge is 0.239 e. The predicted molar refractivity (Wildman–Crippen MR) is 83.4 cm³/mol. The van der Waals surface area contributed by atoms with E-state index in [2.05, 4.69) is 0 Å². The summed E-state index contributed by atoms with van der Waals surface area (Å²) in [6.07, 6.45) is 0. The number of nitrogens with zero attached hydrogens (tertiary/aromatic N) is 2. The number of sulfonamides is 1. The molecule has 0 aliphatic carbocycles. The van der Waals surface area contributed by atoms with E-state index in [1.165, 1.54) is 11.4 Å².